The van der Waals surface area contributed by atoms with Gasteiger partial charge < -0.3 is 24.3 Å². The van der Waals surface area contributed by atoms with Gasteiger partial charge in [0.05, 0.1) is 4.92 Å². The fourth-order valence-corrected chi connectivity index (χ4v) is 2.49. The lowest BCUT2D eigenvalue weighted by atomic mass is 10.1. The van der Waals surface area contributed by atoms with Gasteiger partial charge in [0.15, 0.2) is 12.2 Å². The molecule has 0 heterocycles. The zero-order chi connectivity index (χ0) is 24.4. The van der Waals surface area contributed by atoms with Gasteiger partial charge in [0, 0.05) is 45.5 Å². The van der Waals surface area contributed by atoms with Crippen LogP contribution in [0.5, 0.6) is 0 Å². The van der Waals surface area contributed by atoms with E-state index in [1.165, 1.54) is 18.2 Å². The second kappa shape index (κ2) is 12.0. The number of benzene rings is 1. The molecule has 3 atom stereocenters. The van der Waals surface area contributed by atoms with Crippen molar-refractivity contribution in [1.29, 1.82) is 0 Å². The van der Waals surface area contributed by atoms with Crippen LogP contribution < -0.4 is 5.32 Å². The van der Waals surface area contributed by atoms with Crippen LogP contribution >= 0.6 is 0 Å². The Labute approximate surface area is 182 Å². The Kier molecular flexibility index (Phi) is 9.73. The van der Waals surface area contributed by atoms with Gasteiger partial charge in [-0.15, -0.1) is 0 Å². The molecular formula is C19H22N2O11. The molecule has 0 aliphatic heterocycles. The van der Waals surface area contributed by atoms with E-state index in [9.17, 15) is 34.1 Å². The lowest BCUT2D eigenvalue weighted by molar-refractivity contribution is -0.384. The van der Waals surface area contributed by atoms with E-state index in [2.05, 4.69) is 5.32 Å². The number of esters is 4. The highest BCUT2D eigenvalue weighted by Crippen LogP contribution is 2.20. The van der Waals surface area contributed by atoms with Crippen LogP contribution in [-0.2, 0) is 42.9 Å². The van der Waals surface area contributed by atoms with E-state index < -0.39 is 59.6 Å². The summed E-state index contributed by atoms with van der Waals surface area (Å²) in [5, 5.41) is 13.3. The van der Waals surface area contributed by atoms with Crippen molar-refractivity contribution >= 4 is 41.2 Å². The number of nitrogens with zero attached hydrogens (tertiary/aromatic N) is 1. The number of carbonyl (C=O) groups is 5. The molecule has 13 nitrogen and oxygen atoms in total. The molecule has 0 aliphatic carbocycles. The van der Waals surface area contributed by atoms with Crippen molar-refractivity contribution in [3.05, 3.63) is 34.4 Å². The zero-order valence-electron chi connectivity index (χ0n) is 17.7. The molecule has 32 heavy (non-hydrogen) atoms. The molecule has 1 aromatic carbocycles. The van der Waals surface area contributed by atoms with Crippen LogP contribution in [0.1, 0.15) is 27.7 Å². The predicted molar refractivity (Wildman–Crippen MR) is 105 cm³/mol. The minimum atomic E-state index is -1.87. The maximum Gasteiger partial charge on any atom is 0.303 e. The van der Waals surface area contributed by atoms with E-state index in [1.54, 1.807) is 0 Å². The smallest absolute Gasteiger partial charge is 0.303 e. The molecule has 0 unspecified atom stereocenters. The third-order valence-corrected chi connectivity index (χ3v) is 3.61. The highest BCUT2D eigenvalue weighted by Gasteiger charge is 2.42. The number of ether oxygens (including phenoxy) is 4. The average Bonchev–Trinajstić information content (AvgIpc) is 2.67. The number of hydrogen-bond acceptors (Lipinski definition) is 11. The number of rotatable bonds is 10. The second-order valence-electron chi connectivity index (χ2n) is 6.35. The van der Waals surface area contributed by atoms with E-state index in [0.29, 0.717) is 0 Å². The molecule has 0 saturated heterocycles. The minimum absolute atomic E-state index is 0.0213. The van der Waals surface area contributed by atoms with Crippen molar-refractivity contribution in [3.63, 3.8) is 0 Å². The Hall–Kier alpha value is -4.03. The van der Waals surface area contributed by atoms with E-state index in [1.807, 2.05) is 0 Å². The molecule has 0 radical (unpaired) electrons. The first-order valence-corrected chi connectivity index (χ1v) is 9.11. The summed E-state index contributed by atoms with van der Waals surface area (Å²) in [6.07, 6.45) is -5.09. The summed E-state index contributed by atoms with van der Waals surface area (Å²) < 4.78 is 19.9. The Bertz CT molecular complexity index is 899. The molecule has 174 valence electrons. The first-order chi connectivity index (χ1) is 14.9. The van der Waals surface area contributed by atoms with E-state index in [0.717, 1.165) is 33.8 Å². The van der Waals surface area contributed by atoms with Gasteiger partial charge in [-0.1, -0.05) is 6.07 Å². The van der Waals surface area contributed by atoms with Crippen molar-refractivity contribution in [1.82, 2.24) is 0 Å². The normalized spacial score (nSPS) is 13.0. The minimum Gasteiger partial charge on any atom is -0.462 e. The van der Waals surface area contributed by atoms with Crippen LogP contribution in [0.15, 0.2) is 24.3 Å². The summed E-state index contributed by atoms with van der Waals surface area (Å²) in [5.41, 5.74) is -0.344. The monoisotopic (exact) mass is 454 g/mol. The average molecular weight is 454 g/mol. The molecule has 0 spiro atoms. The van der Waals surface area contributed by atoms with Crippen LogP contribution in [-0.4, -0.2) is 59.6 Å². The summed E-state index contributed by atoms with van der Waals surface area (Å²) in [7, 11) is 0. The molecule has 13 heteroatoms. The van der Waals surface area contributed by atoms with Gasteiger partial charge in [-0.2, -0.15) is 0 Å². The number of amides is 1. The van der Waals surface area contributed by atoms with Gasteiger partial charge in [-0.3, -0.25) is 34.1 Å². The second-order valence-corrected chi connectivity index (χ2v) is 6.35. The number of non-ortho nitro benzene ring substituents is 1. The molecule has 0 bridgehead atoms. The molecule has 0 aromatic heterocycles. The summed E-state index contributed by atoms with van der Waals surface area (Å²) in [5.74, 6) is -4.54. The molecule has 1 rings (SSSR count). The van der Waals surface area contributed by atoms with Crippen molar-refractivity contribution in [2.45, 2.75) is 46.0 Å². The van der Waals surface area contributed by atoms with Crippen LogP contribution in [0.25, 0.3) is 0 Å². The summed E-state index contributed by atoms with van der Waals surface area (Å²) in [6, 6.07) is 4.88. The van der Waals surface area contributed by atoms with Crippen molar-refractivity contribution in [2.24, 2.45) is 0 Å². The SMILES string of the molecule is CC(=O)OC[C@H](OC(C)=O)[C@H](OC(C)=O)[C@H](OC(C)=O)C(=O)Nc1cccc([N+](=O)[O-])c1. The fourth-order valence-electron chi connectivity index (χ4n) is 2.49. The van der Waals surface area contributed by atoms with Crippen molar-refractivity contribution in [2.75, 3.05) is 11.9 Å². The number of nitrogens with one attached hydrogen (secondary N) is 1. The summed E-state index contributed by atoms with van der Waals surface area (Å²) >= 11 is 0. The maximum atomic E-state index is 12.9. The molecule has 1 amide bonds. The Morgan fingerprint density at radius 1 is 0.938 bits per heavy atom. The zero-order valence-corrected chi connectivity index (χ0v) is 17.7. The lowest BCUT2D eigenvalue weighted by Crippen LogP contribution is -2.52. The predicted octanol–water partition coefficient (Wildman–Crippen LogP) is 0.892. The van der Waals surface area contributed by atoms with Gasteiger partial charge in [-0.05, 0) is 6.07 Å². The van der Waals surface area contributed by atoms with Gasteiger partial charge in [0.1, 0.15) is 6.61 Å². The lowest BCUT2D eigenvalue weighted by Gasteiger charge is -2.30. The molecular weight excluding hydrogens is 432 g/mol. The maximum absolute atomic E-state index is 12.9. The molecule has 0 fully saturated rings. The van der Waals surface area contributed by atoms with Crippen LogP contribution in [0.4, 0.5) is 11.4 Å². The number of hydrogen-bond donors (Lipinski definition) is 1. The Morgan fingerprint density at radius 3 is 2.03 bits per heavy atom. The first kappa shape index (κ1) is 26.0. The van der Waals surface area contributed by atoms with E-state index in [-0.39, 0.29) is 11.4 Å². The number of anilines is 1. The number of nitro benzene ring substituents is 1. The molecule has 0 aliphatic rings. The topological polar surface area (TPSA) is 177 Å². The van der Waals surface area contributed by atoms with Gasteiger partial charge in [0.2, 0.25) is 6.10 Å². The molecule has 1 aromatic rings. The van der Waals surface area contributed by atoms with E-state index >= 15 is 0 Å². The van der Waals surface area contributed by atoms with Gasteiger partial charge >= 0.3 is 23.9 Å². The van der Waals surface area contributed by atoms with Crippen molar-refractivity contribution in [3.8, 4) is 0 Å². The van der Waals surface area contributed by atoms with Crippen LogP contribution in [0.2, 0.25) is 0 Å². The summed E-state index contributed by atoms with van der Waals surface area (Å²) in [4.78, 5) is 69.1. The highest BCUT2D eigenvalue weighted by atomic mass is 16.6. The Balaban J connectivity index is 3.32. The van der Waals surface area contributed by atoms with Crippen LogP contribution in [0.3, 0.4) is 0 Å². The largest absolute Gasteiger partial charge is 0.462 e. The van der Waals surface area contributed by atoms with Crippen LogP contribution in [0, 0.1) is 10.1 Å². The summed E-state index contributed by atoms with van der Waals surface area (Å²) in [6.45, 7) is 3.45. The highest BCUT2D eigenvalue weighted by molar-refractivity contribution is 5.96. The van der Waals surface area contributed by atoms with Crippen molar-refractivity contribution < 1.29 is 47.8 Å². The quantitative estimate of drug-likeness (QED) is 0.230. The third-order valence-electron chi connectivity index (χ3n) is 3.61. The first-order valence-electron chi connectivity index (χ1n) is 9.11. The number of carbonyl (C=O) groups excluding carboxylic acids is 5. The standard InChI is InChI=1S/C19H22N2O11/c1-10(22)29-9-16(30-11(2)23)17(31-12(3)24)18(32-13(4)25)19(26)20-14-6-5-7-15(8-14)21(27)28/h5-8,16-18H,9H2,1-4H3,(H,20,26)/t16-,17-,18-/m0/s1. The number of nitro groups is 1. The third kappa shape index (κ3) is 8.77. The molecule has 1 N–H and O–H groups in total. The van der Waals surface area contributed by atoms with Gasteiger partial charge in [-0.25, -0.2) is 0 Å². The Morgan fingerprint density at radius 2 is 1.53 bits per heavy atom. The van der Waals surface area contributed by atoms with Gasteiger partial charge in [0.25, 0.3) is 11.6 Å². The molecule has 0 saturated carbocycles. The fraction of sp³-hybridized carbons (Fsp3) is 0.421. The van der Waals surface area contributed by atoms with E-state index in [4.69, 9.17) is 18.9 Å².